The Morgan fingerprint density at radius 3 is 2.45 bits per heavy atom. The molecule has 2 aromatic carbocycles. The van der Waals surface area contributed by atoms with Gasteiger partial charge in [0.1, 0.15) is 17.9 Å². The number of benzene rings is 2. The van der Waals surface area contributed by atoms with Gasteiger partial charge in [-0.3, -0.25) is 0 Å². The van der Waals surface area contributed by atoms with Gasteiger partial charge in [0.05, 0.1) is 5.69 Å². The molecule has 1 aliphatic heterocycles. The summed E-state index contributed by atoms with van der Waals surface area (Å²) in [6.07, 6.45) is 0.891. The predicted molar refractivity (Wildman–Crippen MR) is 73.6 cm³/mol. The molecule has 0 bridgehead atoms. The van der Waals surface area contributed by atoms with Crippen LogP contribution in [0.2, 0.25) is 0 Å². The number of hydrogen-bond acceptors (Lipinski definition) is 2. The Bertz CT molecular complexity index is 651. The van der Waals surface area contributed by atoms with Crippen molar-refractivity contribution in [2.24, 2.45) is 5.92 Å². The minimum atomic E-state index is -0.393. The van der Waals surface area contributed by atoms with Crippen LogP contribution in [0.4, 0.5) is 14.5 Å². The van der Waals surface area contributed by atoms with Gasteiger partial charge in [-0.25, -0.2) is 8.78 Å². The molecule has 1 fully saturated rings. The second-order valence-corrected chi connectivity index (χ2v) is 4.95. The van der Waals surface area contributed by atoms with Gasteiger partial charge in [0.15, 0.2) is 0 Å². The van der Waals surface area contributed by atoms with Crippen molar-refractivity contribution in [3.8, 4) is 11.1 Å². The van der Waals surface area contributed by atoms with Crippen LogP contribution in [0, 0.1) is 17.6 Å². The molecule has 0 atom stereocenters. The fourth-order valence-corrected chi connectivity index (χ4v) is 2.42. The third kappa shape index (κ3) is 2.18. The molecule has 102 valence electrons. The summed E-state index contributed by atoms with van der Waals surface area (Å²) >= 11 is 0. The molecule has 1 aliphatic rings. The average molecular weight is 273 g/mol. The number of nitrogens with zero attached hydrogens (tertiary/aromatic N) is 1. The summed E-state index contributed by atoms with van der Waals surface area (Å²) in [5.74, 6) is -0.777. The topological polar surface area (TPSA) is 20.3 Å². The Hall–Kier alpha value is -2.23. The summed E-state index contributed by atoms with van der Waals surface area (Å²) in [4.78, 5) is 12.4. The Morgan fingerprint density at radius 1 is 1.05 bits per heavy atom. The fourth-order valence-electron chi connectivity index (χ4n) is 2.42. The molecule has 20 heavy (non-hydrogen) atoms. The summed E-state index contributed by atoms with van der Waals surface area (Å²) in [7, 11) is 0. The number of rotatable bonds is 3. The summed E-state index contributed by atoms with van der Waals surface area (Å²) in [5, 5.41) is 0. The van der Waals surface area contributed by atoms with E-state index >= 15 is 0 Å². The normalized spacial score (nSPS) is 15.0. The molecule has 1 saturated heterocycles. The smallest absolute Gasteiger partial charge is 0.147 e. The van der Waals surface area contributed by atoms with Crippen LogP contribution < -0.4 is 4.90 Å². The van der Waals surface area contributed by atoms with Crippen LogP contribution in [-0.4, -0.2) is 19.4 Å². The zero-order chi connectivity index (χ0) is 14.1. The minimum Gasteiger partial charge on any atom is -0.368 e. The Balaban J connectivity index is 1.89. The molecule has 0 amide bonds. The van der Waals surface area contributed by atoms with Gasteiger partial charge in [-0.05, 0) is 23.8 Å². The molecular weight excluding hydrogens is 260 g/mol. The average Bonchev–Trinajstić information content (AvgIpc) is 2.40. The van der Waals surface area contributed by atoms with E-state index in [-0.39, 0.29) is 11.7 Å². The minimum absolute atomic E-state index is 0.0133. The second-order valence-electron chi connectivity index (χ2n) is 4.95. The van der Waals surface area contributed by atoms with Crippen molar-refractivity contribution >= 4 is 12.0 Å². The van der Waals surface area contributed by atoms with E-state index in [4.69, 9.17) is 0 Å². The Labute approximate surface area is 115 Å². The summed E-state index contributed by atoms with van der Waals surface area (Å²) in [6, 6.07) is 11.0. The molecule has 0 unspecified atom stereocenters. The first-order chi connectivity index (χ1) is 9.69. The lowest BCUT2D eigenvalue weighted by atomic mass is 9.99. The van der Waals surface area contributed by atoms with Gasteiger partial charge in [0.2, 0.25) is 0 Å². The van der Waals surface area contributed by atoms with Gasteiger partial charge in [-0.15, -0.1) is 0 Å². The lowest BCUT2D eigenvalue weighted by Gasteiger charge is -2.38. The van der Waals surface area contributed by atoms with Crippen molar-refractivity contribution in [2.75, 3.05) is 18.0 Å². The van der Waals surface area contributed by atoms with Crippen molar-refractivity contribution < 1.29 is 13.6 Å². The first-order valence-corrected chi connectivity index (χ1v) is 6.43. The van der Waals surface area contributed by atoms with Crippen LogP contribution in [0.3, 0.4) is 0 Å². The molecule has 3 rings (SSSR count). The largest absolute Gasteiger partial charge is 0.368 e. The molecule has 0 aliphatic carbocycles. The third-order valence-electron chi connectivity index (χ3n) is 3.58. The van der Waals surface area contributed by atoms with E-state index in [1.807, 2.05) is 0 Å². The number of aldehydes is 1. The lowest BCUT2D eigenvalue weighted by Crippen LogP contribution is -2.47. The van der Waals surface area contributed by atoms with E-state index in [0.29, 0.717) is 29.9 Å². The number of hydrogen-bond donors (Lipinski definition) is 0. The van der Waals surface area contributed by atoms with Crippen molar-refractivity contribution in [2.45, 2.75) is 0 Å². The summed E-state index contributed by atoms with van der Waals surface area (Å²) < 4.78 is 27.8. The van der Waals surface area contributed by atoms with Crippen LogP contribution in [0.15, 0.2) is 42.5 Å². The van der Waals surface area contributed by atoms with Crippen LogP contribution in [0.25, 0.3) is 11.1 Å². The zero-order valence-electron chi connectivity index (χ0n) is 10.7. The van der Waals surface area contributed by atoms with E-state index in [2.05, 4.69) is 0 Å². The van der Waals surface area contributed by atoms with Gasteiger partial charge in [0.25, 0.3) is 0 Å². The molecule has 4 heteroatoms. The van der Waals surface area contributed by atoms with Crippen molar-refractivity contribution in [3.05, 3.63) is 54.1 Å². The molecule has 0 spiro atoms. The lowest BCUT2D eigenvalue weighted by molar-refractivity contribution is -0.111. The van der Waals surface area contributed by atoms with E-state index in [9.17, 15) is 13.6 Å². The highest BCUT2D eigenvalue weighted by molar-refractivity contribution is 5.69. The molecule has 2 aromatic rings. The molecule has 1 heterocycles. The molecule has 2 nitrogen and oxygen atoms in total. The quantitative estimate of drug-likeness (QED) is 0.800. The van der Waals surface area contributed by atoms with Gasteiger partial charge >= 0.3 is 0 Å². The highest BCUT2D eigenvalue weighted by atomic mass is 19.1. The molecule has 0 radical (unpaired) electrons. The molecular formula is C16H13F2NO. The van der Waals surface area contributed by atoms with Crippen LogP contribution in [0.5, 0.6) is 0 Å². The van der Waals surface area contributed by atoms with Gasteiger partial charge < -0.3 is 9.69 Å². The van der Waals surface area contributed by atoms with Crippen molar-refractivity contribution in [3.63, 3.8) is 0 Å². The standard InChI is InChI=1S/C16H13F2NO/c17-14-4-2-1-3-13(14)12-5-6-16(15(18)7-12)19-8-11(9-19)10-20/h1-7,10-11H,8-9H2. The van der Waals surface area contributed by atoms with Crippen LogP contribution in [0.1, 0.15) is 0 Å². The molecule has 0 saturated carbocycles. The third-order valence-corrected chi connectivity index (χ3v) is 3.58. The number of carbonyl (C=O) groups is 1. The first-order valence-electron chi connectivity index (χ1n) is 6.43. The Kier molecular flexibility index (Phi) is 3.22. The van der Waals surface area contributed by atoms with E-state index < -0.39 is 5.82 Å². The first kappa shape index (κ1) is 12.8. The SMILES string of the molecule is O=CC1CN(c2ccc(-c3ccccc3F)cc2F)C1. The fraction of sp³-hybridized carbons (Fsp3) is 0.188. The maximum atomic E-state index is 14.1. The van der Waals surface area contributed by atoms with Crippen LogP contribution in [-0.2, 0) is 4.79 Å². The van der Waals surface area contributed by atoms with Crippen molar-refractivity contribution in [1.82, 2.24) is 0 Å². The highest BCUT2D eigenvalue weighted by Gasteiger charge is 2.28. The number of halogens is 2. The van der Waals surface area contributed by atoms with Crippen molar-refractivity contribution in [1.29, 1.82) is 0 Å². The van der Waals surface area contributed by atoms with E-state index in [1.54, 1.807) is 35.2 Å². The Morgan fingerprint density at radius 2 is 1.80 bits per heavy atom. The van der Waals surface area contributed by atoms with Gasteiger partial charge in [-0.2, -0.15) is 0 Å². The van der Waals surface area contributed by atoms with Gasteiger partial charge in [-0.1, -0.05) is 24.3 Å². The predicted octanol–water partition coefficient (Wildman–Crippen LogP) is 3.27. The monoisotopic (exact) mass is 273 g/mol. The molecule has 0 N–H and O–H groups in total. The maximum absolute atomic E-state index is 14.1. The van der Waals surface area contributed by atoms with Gasteiger partial charge in [0, 0.05) is 24.6 Å². The summed E-state index contributed by atoms with van der Waals surface area (Å²) in [5.41, 5.74) is 1.35. The zero-order valence-corrected chi connectivity index (χ0v) is 10.7. The second kappa shape index (κ2) is 5.04. The maximum Gasteiger partial charge on any atom is 0.147 e. The van der Waals surface area contributed by atoms with Crippen LogP contribution >= 0.6 is 0 Å². The van der Waals surface area contributed by atoms with E-state index in [0.717, 1.165) is 6.29 Å². The summed E-state index contributed by atoms with van der Waals surface area (Å²) in [6.45, 7) is 1.08. The highest BCUT2D eigenvalue weighted by Crippen LogP contribution is 2.31. The van der Waals surface area contributed by atoms with E-state index in [1.165, 1.54) is 12.1 Å². The number of carbonyl (C=O) groups excluding carboxylic acids is 1. The number of anilines is 1. The molecule has 0 aromatic heterocycles.